The Bertz CT molecular complexity index is 532. The van der Waals surface area contributed by atoms with Crippen molar-refractivity contribution >= 4 is 0 Å². The Hall–Kier alpha value is -1.81. The predicted molar refractivity (Wildman–Crippen MR) is 73.3 cm³/mol. The molecule has 0 heterocycles. The van der Waals surface area contributed by atoms with Gasteiger partial charge in [0.2, 0.25) is 0 Å². The van der Waals surface area contributed by atoms with E-state index >= 15 is 0 Å². The number of hydrogen-bond donors (Lipinski definition) is 1. The lowest BCUT2D eigenvalue weighted by Crippen LogP contribution is -2.25. The number of alkyl halides is 3. The molecule has 2 rings (SSSR count). The SMILES string of the molecule is NC(Cc1ccccc1)Cc1ccc(C(F)(F)F)cc1. The smallest absolute Gasteiger partial charge is 0.327 e. The molecule has 4 heteroatoms. The molecular formula is C16H16F3N. The van der Waals surface area contributed by atoms with Gasteiger partial charge in [0.15, 0.2) is 0 Å². The molecule has 2 aromatic carbocycles. The molecule has 0 aliphatic heterocycles. The maximum Gasteiger partial charge on any atom is 0.416 e. The van der Waals surface area contributed by atoms with E-state index in [1.807, 2.05) is 30.3 Å². The summed E-state index contributed by atoms with van der Waals surface area (Å²) >= 11 is 0. The maximum atomic E-state index is 12.4. The summed E-state index contributed by atoms with van der Waals surface area (Å²) in [6.07, 6.45) is -3.01. The first-order valence-electron chi connectivity index (χ1n) is 6.41. The van der Waals surface area contributed by atoms with Gasteiger partial charge in [-0.2, -0.15) is 13.2 Å². The van der Waals surface area contributed by atoms with Crippen molar-refractivity contribution in [2.75, 3.05) is 0 Å². The van der Waals surface area contributed by atoms with Crippen LogP contribution >= 0.6 is 0 Å². The summed E-state index contributed by atoms with van der Waals surface area (Å²) in [5.41, 5.74) is 7.36. The number of benzene rings is 2. The van der Waals surface area contributed by atoms with Crippen molar-refractivity contribution in [1.29, 1.82) is 0 Å². The zero-order chi connectivity index (χ0) is 14.6. The quantitative estimate of drug-likeness (QED) is 0.904. The third-order valence-electron chi connectivity index (χ3n) is 3.12. The van der Waals surface area contributed by atoms with Crippen LogP contribution in [-0.2, 0) is 19.0 Å². The van der Waals surface area contributed by atoms with Crippen LogP contribution in [0.1, 0.15) is 16.7 Å². The Morgan fingerprint density at radius 2 is 1.30 bits per heavy atom. The van der Waals surface area contributed by atoms with Crippen LogP contribution in [0.5, 0.6) is 0 Å². The largest absolute Gasteiger partial charge is 0.416 e. The second kappa shape index (κ2) is 6.09. The molecule has 0 radical (unpaired) electrons. The lowest BCUT2D eigenvalue weighted by Gasteiger charge is -2.13. The molecule has 1 unspecified atom stereocenters. The Kier molecular flexibility index (Phi) is 4.45. The van der Waals surface area contributed by atoms with Crippen LogP contribution < -0.4 is 5.73 Å². The summed E-state index contributed by atoms with van der Waals surface area (Å²) in [4.78, 5) is 0. The molecule has 0 saturated carbocycles. The molecule has 20 heavy (non-hydrogen) atoms. The number of halogens is 3. The minimum absolute atomic E-state index is 0.103. The highest BCUT2D eigenvalue weighted by Crippen LogP contribution is 2.29. The molecule has 0 bridgehead atoms. The van der Waals surface area contributed by atoms with E-state index in [-0.39, 0.29) is 6.04 Å². The number of rotatable bonds is 4. The summed E-state index contributed by atoms with van der Waals surface area (Å²) in [5, 5.41) is 0. The van der Waals surface area contributed by atoms with E-state index in [0.29, 0.717) is 12.8 Å². The number of nitrogens with two attached hydrogens (primary N) is 1. The Morgan fingerprint density at radius 3 is 1.80 bits per heavy atom. The molecule has 0 spiro atoms. The van der Waals surface area contributed by atoms with Gasteiger partial charge < -0.3 is 5.73 Å². The molecule has 0 saturated heterocycles. The van der Waals surface area contributed by atoms with Crippen LogP contribution in [0, 0.1) is 0 Å². The summed E-state index contributed by atoms with van der Waals surface area (Å²) in [5.74, 6) is 0. The van der Waals surface area contributed by atoms with Crippen LogP contribution in [-0.4, -0.2) is 6.04 Å². The first-order chi connectivity index (χ1) is 9.45. The van der Waals surface area contributed by atoms with Crippen molar-refractivity contribution in [1.82, 2.24) is 0 Å². The second-order valence-electron chi connectivity index (χ2n) is 4.85. The van der Waals surface area contributed by atoms with Gasteiger partial charge in [0, 0.05) is 6.04 Å². The van der Waals surface area contributed by atoms with E-state index in [9.17, 15) is 13.2 Å². The molecule has 2 aromatic rings. The Labute approximate surface area is 116 Å². The molecule has 1 nitrogen and oxygen atoms in total. The Morgan fingerprint density at radius 1 is 0.800 bits per heavy atom. The fourth-order valence-electron chi connectivity index (χ4n) is 2.12. The van der Waals surface area contributed by atoms with Gasteiger partial charge in [-0.25, -0.2) is 0 Å². The fraction of sp³-hybridized carbons (Fsp3) is 0.250. The minimum Gasteiger partial charge on any atom is -0.327 e. The van der Waals surface area contributed by atoms with Crippen molar-refractivity contribution in [3.05, 3.63) is 71.3 Å². The second-order valence-corrected chi connectivity index (χ2v) is 4.85. The van der Waals surface area contributed by atoms with E-state index in [1.165, 1.54) is 12.1 Å². The minimum atomic E-state index is -4.29. The zero-order valence-electron chi connectivity index (χ0n) is 10.9. The van der Waals surface area contributed by atoms with E-state index in [0.717, 1.165) is 23.3 Å². The van der Waals surface area contributed by atoms with Gasteiger partial charge in [0.05, 0.1) is 5.56 Å². The summed E-state index contributed by atoms with van der Waals surface area (Å²) < 4.78 is 37.3. The van der Waals surface area contributed by atoms with Crippen LogP contribution in [0.4, 0.5) is 13.2 Å². The average molecular weight is 279 g/mol. The highest BCUT2D eigenvalue weighted by Gasteiger charge is 2.29. The van der Waals surface area contributed by atoms with Gasteiger partial charge in [0.25, 0.3) is 0 Å². The van der Waals surface area contributed by atoms with Gasteiger partial charge in [-0.1, -0.05) is 42.5 Å². The highest BCUT2D eigenvalue weighted by atomic mass is 19.4. The van der Waals surface area contributed by atoms with Crippen molar-refractivity contribution in [2.45, 2.75) is 25.1 Å². The van der Waals surface area contributed by atoms with Crippen LogP contribution in [0.15, 0.2) is 54.6 Å². The average Bonchev–Trinajstić information content (AvgIpc) is 2.39. The van der Waals surface area contributed by atoms with Crippen LogP contribution in [0.2, 0.25) is 0 Å². The molecule has 0 amide bonds. The van der Waals surface area contributed by atoms with Gasteiger partial charge in [-0.3, -0.25) is 0 Å². The summed E-state index contributed by atoms with van der Waals surface area (Å²) in [6, 6.07) is 14.9. The van der Waals surface area contributed by atoms with Crippen LogP contribution in [0.3, 0.4) is 0 Å². The lowest BCUT2D eigenvalue weighted by atomic mass is 9.99. The number of hydrogen-bond acceptors (Lipinski definition) is 1. The van der Waals surface area contributed by atoms with Crippen molar-refractivity contribution in [2.24, 2.45) is 5.73 Å². The molecule has 0 aliphatic rings. The first kappa shape index (κ1) is 14.6. The standard InChI is InChI=1S/C16H16F3N/c17-16(18,19)14-8-6-13(7-9-14)11-15(20)10-12-4-2-1-3-5-12/h1-9,15H,10-11,20H2. The monoisotopic (exact) mass is 279 g/mol. The molecule has 0 aromatic heterocycles. The first-order valence-corrected chi connectivity index (χ1v) is 6.41. The van der Waals surface area contributed by atoms with Crippen molar-refractivity contribution in [3.63, 3.8) is 0 Å². The molecule has 1 atom stereocenters. The van der Waals surface area contributed by atoms with Crippen molar-refractivity contribution in [3.8, 4) is 0 Å². The third-order valence-corrected chi connectivity index (χ3v) is 3.12. The van der Waals surface area contributed by atoms with Crippen molar-refractivity contribution < 1.29 is 13.2 Å². The molecule has 0 fully saturated rings. The molecule has 106 valence electrons. The Balaban J connectivity index is 1.96. The third kappa shape index (κ3) is 4.10. The van der Waals surface area contributed by atoms with E-state index in [4.69, 9.17) is 5.73 Å². The summed E-state index contributed by atoms with van der Waals surface area (Å²) in [7, 11) is 0. The van der Waals surface area contributed by atoms with Gasteiger partial charge in [-0.05, 0) is 36.1 Å². The fourth-order valence-corrected chi connectivity index (χ4v) is 2.12. The zero-order valence-corrected chi connectivity index (χ0v) is 10.9. The van der Waals surface area contributed by atoms with Gasteiger partial charge in [0.1, 0.15) is 0 Å². The van der Waals surface area contributed by atoms with E-state index in [2.05, 4.69) is 0 Å². The normalized spacial score (nSPS) is 13.2. The molecule has 0 aliphatic carbocycles. The molecule has 2 N–H and O–H groups in total. The van der Waals surface area contributed by atoms with Crippen LogP contribution in [0.25, 0.3) is 0 Å². The van der Waals surface area contributed by atoms with E-state index in [1.54, 1.807) is 0 Å². The lowest BCUT2D eigenvalue weighted by molar-refractivity contribution is -0.137. The van der Waals surface area contributed by atoms with E-state index < -0.39 is 11.7 Å². The topological polar surface area (TPSA) is 26.0 Å². The van der Waals surface area contributed by atoms with Gasteiger partial charge >= 0.3 is 6.18 Å². The summed E-state index contributed by atoms with van der Waals surface area (Å²) in [6.45, 7) is 0. The molecular weight excluding hydrogens is 263 g/mol. The van der Waals surface area contributed by atoms with Gasteiger partial charge in [-0.15, -0.1) is 0 Å². The maximum absolute atomic E-state index is 12.4. The highest BCUT2D eigenvalue weighted by molar-refractivity contribution is 5.25. The predicted octanol–water partition coefficient (Wildman–Crippen LogP) is 3.82.